The summed E-state index contributed by atoms with van der Waals surface area (Å²) in [5.41, 5.74) is 4.22. The van der Waals surface area contributed by atoms with Crippen LogP contribution in [-0.4, -0.2) is 40.5 Å². The Morgan fingerprint density at radius 3 is 2.45 bits per heavy atom. The Bertz CT molecular complexity index is 1200. The van der Waals surface area contributed by atoms with E-state index < -0.39 is 0 Å². The van der Waals surface area contributed by atoms with Gasteiger partial charge in [0.2, 0.25) is 5.91 Å². The van der Waals surface area contributed by atoms with Gasteiger partial charge in [-0.2, -0.15) is 0 Å². The molecule has 0 aliphatic heterocycles. The molecule has 0 unspecified atom stereocenters. The third-order valence-corrected chi connectivity index (χ3v) is 6.24. The topological polar surface area (TPSA) is 76.2 Å². The summed E-state index contributed by atoms with van der Waals surface area (Å²) in [6.45, 7) is 3.00. The molecule has 0 saturated carbocycles. The largest absolute Gasteiger partial charge is 0.469 e. The summed E-state index contributed by atoms with van der Waals surface area (Å²) in [5, 5.41) is 12.5. The second-order valence-electron chi connectivity index (χ2n) is 7.89. The van der Waals surface area contributed by atoms with Crippen LogP contribution in [0.1, 0.15) is 16.9 Å². The van der Waals surface area contributed by atoms with Gasteiger partial charge in [0.1, 0.15) is 5.76 Å². The molecule has 0 radical (unpaired) electrons. The van der Waals surface area contributed by atoms with Crippen LogP contribution in [0.25, 0.3) is 11.4 Å². The van der Waals surface area contributed by atoms with E-state index in [0.717, 1.165) is 34.0 Å². The molecule has 2 aromatic carbocycles. The zero-order valence-electron chi connectivity index (χ0n) is 19.0. The minimum Gasteiger partial charge on any atom is -0.469 e. The average molecular weight is 462 g/mol. The summed E-state index contributed by atoms with van der Waals surface area (Å²) in [7, 11) is 4.01. The lowest BCUT2D eigenvalue weighted by atomic mass is 10.2. The van der Waals surface area contributed by atoms with E-state index in [1.807, 2.05) is 79.0 Å². The van der Waals surface area contributed by atoms with Gasteiger partial charge in [0.15, 0.2) is 11.0 Å². The molecular weight excluding hydrogens is 434 g/mol. The molecule has 0 spiro atoms. The lowest BCUT2D eigenvalue weighted by Crippen LogP contribution is -2.24. The van der Waals surface area contributed by atoms with Crippen molar-refractivity contribution in [3.63, 3.8) is 0 Å². The fraction of sp³-hybridized carbons (Fsp3) is 0.240. The zero-order chi connectivity index (χ0) is 23.2. The predicted octanol–water partition coefficient (Wildman–Crippen LogP) is 4.37. The van der Waals surface area contributed by atoms with E-state index in [1.165, 1.54) is 11.8 Å². The normalized spacial score (nSPS) is 10.9. The van der Waals surface area contributed by atoms with Crippen molar-refractivity contribution in [2.45, 2.75) is 25.2 Å². The highest BCUT2D eigenvalue weighted by atomic mass is 32.2. The van der Waals surface area contributed by atoms with Crippen LogP contribution in [0.4, 0.5) is 5.69 Å². The molecule has 4 rings (SSSR count). The number of hydrogen-bond donors (Lipinski definition) is 1. The lowest BCUT2D eigenvalue weighted by molar-refractivity contribution is -0.118. The third kappa shape index (κ3) is 5.64. The van der Waals surface area contributed by atoms with Crippen LogP contribution in [0.3, 0.4) is 0 Å². The molecule has 7 nitrogen and oxygen atoms in total. The Morgan fingerprint density at radius 1 is 1.03 bits per heavy atom. The number of hydrogen-bond acceptors (Lipinski definition) is 6. The molecule has 170 valence electrons. The fourth-order valence-corrected chi connectivity index (χ4v) is 4.18. The van der Waals surface area contributed by atoms with Crippen LogP contribution in [0.15, 0.2) is 76.5 Å². The molecular formula is C25H27N5O2S. The van der Waals surface area contributed by atoms with E-state index in [-0.39, 0.29) is 11.7 Å². The van der Waals surface area contributed by atoms with Gasteiger partial charge >= 0.3 is 0 Å². The molecule has 2 aromatic heterocycles. The van der Waals surface area contributed by atoms with Crippen LogP contribution < -0.4 is 10.2 Å². The number of rotatable bonds is 9. The highest BCUT2D eigenvalue weighted by Gasteiger charge is 2.18. The molecule has 33 heavy (non-hydrogen) atoms. The average Bonchev–Trinajstić information content (AvgIpc) is 3.42. The monoisotopic (exact) mass is 461 g/mol. The van der Waals surface area contributed by atoms with E-state index in [1.54, 1.807) is 6.26 Å². The Hall–Kier alpha value is -3.52. The molecule has 1 amide bonds. The number of carbonyl (C=O) groups is 1. The molecule has 0 fully saturated rings. The van der Waals surface area contributed by atoms with Crippen molar-refractivity contribution < 1.29 is 9.21 Å². The van der Waals surface area contributed by atoms with E-state index in [9.17, 15) is 4.79 Å². The Kier molecular flexibility index (Phi) is 7.14. The SMILES string of the molecule is Cc1occc1-c1nnc(SCC(=O)NCc2ccc(N(C)C)cc2)n1Cc1ccccc1. The molecule has 2 heterocycles. The summed E-state index contributed by atoms with van der Waals surface area (Å²) in [5.74, 6) is 1.72. The molecule has 0 aliphatic rings. The minimum absolute atomic E-state index is 0.0491. The second-order valence-corrected chi connectivity index (χ2v) is 8.84. The first kappa shape index (κ1) is 22.7. The number of thioether (sulfide) groups is 1. The van der Waals surface area contributed by atoms with Crippen molar-refractivity contribution in [1.82, 2.24) is 20.1 Å². The molecule has 0 bridgehead atoms. The number of furan rings is 1. The van der Waals surface area contributed by atoms with E-state index in [0.29, 0.717) is 18.2 Å². The number of nitrogens with one attached hydrogen (secondary N) is 1. The summed E-state index contributed by atoms with van der Waals surface area (Å²) in [6, 6.07) is 20.2. The van der Waals surface area contributed by atoms with Crippen LogP contribution in [-0.2, 0) is 17.9 Å². The van der Waals surface area contributed by atoms with Gasteiger partial charge in [0, 0.05) is 26.3 Å². The predicted molar refractivity (Wildman–Crippen MR) is 131 cm³/mol. The summed E-state index contributed by atoms with van der Waals surface area (Å²) >= 11 is 1.38. The van der Waals surface area contributed by atoms with Gasteiger partial charge in [-0.1, -0.05) is 54.2 Å². The number of benzene rings is 2. The van der Waals surface area contributed by atoms with Crippen LogP contribution in [0.5, 0.6) is 0 Å². The maximum absolute atomic E-state index is 12.5. The number of anilines is 1. The molecule has 0 atom stereocenters. The number of aryl methyl sites for hydroxylation is 1. The Labute approximate surface area is 197 Å². The first-order chi connectivity index (χ1) is 16.0. The zero-order valence-corrected chi connectivity index (χ0v) is 19.8. The van der Waals surface area contributed by atoms with Crippen molar-refractivity contribution in [2.75, 3.05) is 24.7 Å². The summed E-state index contributed by atoms with van der Waals surface area (Å²) < 4.78 is 7.50. The van der Waals surface area contributed by atoms with Gasteiger partial charge in [-0.3, -0.25) is 9.36 Å². The van der Waals surface area contributed by atoms with E-state index in [2.05, 4.69) is 27.6 Å². The first-order valence-electron chi connectivity index (χ1n) is 10.7. The fourth-order valence-electron chi connectivity index (χ4n) is 3.41. The minimum atomic E-state index is -0.0491. The van der Waals surface area contributed by atoms with Gasteiger partial charge in [0.05, 0.1) is 24.1 Å². The van der Waals surface area contributed by atoms with Gasteiger partial charge in [0.25, 0.3) is 0 Å². The van der Waals surface area contributed by atoms with Crippen molar-refractivity contribution in [2.24, 2.45) is 0 Å². The first-order valence-corrected chi connectivity index (χ1v) is 11.7. The van der Waals surface area contributed by atoms with Gasteiger partial charge in [-0.05, 0) is 36.2 Å². The van der Waals surface area contributed by atoms with Crippen molar-refractivity contribution >= 4 is 23.4 Å². The third-order valence-electron chi connectivity index (χ3n) is 5.27. The maximum atomic E-state index is 12.5. The number of nitrogens with zero attached hydrogens (tertiary/aromatic N) is 4. The van der Waals surface area contributed by atoms with E-state index >= 15 is 0 Å². The molecule has 1 N–H and O–H groups in total. The quantitative estimate of drug-likeness (QED) is 0.373. The van der Waals surface area contributed by atoms with Crippen LogP contribution in [0, 0.1) is 6.92 Å². The Balaban J connectivity index is 1.43. The molecule has 0 saturated heterocycles. The number of amides is 1. The highest BCUT2D eigenvalue weighted by molar-refractivity contribution is 7.99. The molecule has 0 aliphatic carbocycles. The summed E-state index contributed by atoms with van der Waals surface area (Å²) in [4.78, 5) is 14.6. The van der Waals surface area contributed by atoms with Gasteiger partial charge in [-0.15, -0.1) is 10.2 Å². The molecule has 8 heteroatoms. The highest BCUT2D eigenvalue weighted by Crippen LogP contribution is 2.28. The van der Waals surface area contributed by atoms with Crippen molar-refractivity contribution in [3.05, 3.63) is 83.8 Å². The smallest absolute Gasteiger partial charge is 0.230 e. The number of aromatic nitrogens is 3. The standard InChI is InChI=1S/C25H27N5O2S/c1-18-22(13-14-32-18)24-27-28-25(30(24)16-20-7-5-4-6-8-20)33-17-23(31)26-15-19-9-11-21(12-10-19)29(2)3/h4-14H,15-17H2,1-3H3,(H,26,31). The second kappa shape index (κ2) is 10.4. The lowest BCUT2D eigenvalue weighted by Gasteiger charge is -2.13. The van der Waals surface area contributed by atoms with Crippen molar-refractivity contribution in [3.8, 4) is 11.4 Å². The van der Waals surface area contributed by atoms with Crippen molar-refractivity contribution in [1.29, 1.82) is 0 Å². The van der Waals surface area contributed by atoms with Crippen LogP contribution >= 0.6 is 11.8 Å². The van der Waals surface area contributed by atoms with Crippen LogP contribution in [0.2, 0.25) is 0 Å². The summed E-state index contributed by atoms with van der Waals surface area (Å²) in [6.07, 6.45) is 1.65. The van der Waals surface area contributed by atoms with Gasteiger partial charge in [-0.25, -0.2) is 0 Å². The number of carbonyl (C=O) groups excluding carboxylic acids is 1. The maximum Gasteiger partial charge on any atom is 0.230 e. The van der Waals surface area contributed by atoms with E-state index in [4.69, 9.17) is 4.42 Å². The Morgan fingerprint density at radius 2 is 1.79 bits per heavy atom. The molecule has 4 aromatic rings. The van der Waals surface area contributed by atoms with Gasteiger partial charge < -0.3 is 14.6 Å².